The number of ether oxygens (including phenoxy) is 1. The van der Waals surface area contributed by atoms with Gasteiger partial charge in [-0.25, -0.2) is 0 Å². The maximum atomic E-state index is 11.3. The lowest BCUT2D eigenvalue weighted by Gasteiger charge is -2.07. The summed E-state index contributed by atoms with van der Waals surface area (Å²) in [5.74, 6) is 0.388. The van der Waals surface area contributed by atoms with Crippen LogP contribution in [0.1, 0.15) is 11.1 Å². The minimum Gasteiger partial charge on any atom is -0.494 e. The number of benzene rings is 3. The molecule has 0 atom stereocenters. The number of methoxy groups -OCH3 is 1. The second-order valence-electron chi connectivity index (χ2n) is 6.73. The molecular weight excluding hydrogens is 416 g/mol. The van der Waals surface area contributed by atoms with E-state index in [1.807, 2.05) is 31.2 Å². The Labute approximate surface area is 182 Å². The van der Waals surface area contributed by atoms with Gasteiger partial charge >= 0.3 is 5.69 Å². The van der Waals surface area contributed by atoms with E-state index in [1.165, 1.54) is 13.2 Å². The first-order chi connectivity index (χ1) is 15.3. The zero-order chi connectivity index (χ0) is 23.3. The summed E-state index contributed by atoms with van der Waals surface area (Å²) in [6.45, 7) is 3.74. The molecule has 32 heavy (non-hydrogen) atoms. The molecule has 0 saturated carbocycles. The molecule has 0 aliphatic heterocycles. The van der Waals surface area contributed by atoms with Crippen LogP contribution in [0.3, 0.4) is 0 Å². The van der Waals surface area contributed by atoms with Crippen LogP contribution in [0.5, 0.6) is 5.75 Å². The van der Waals surface area contributed by atoms with Crippen molar-refractivity contribution in [3.8, 4) is 5.75 Å². The van der Waals surface area contributed by atoms with Gasteiger partial charge in [0.1, 0.15) is 11.4 Å². The van der Waals surface area contributed by atoms with Crippen LogP contribution in [-0.4, -0.2) is 17.0 Å². The summed E-state index contributed by atoms with van der Waals surface area (Å²) in [7, 11) is 1.47. The van der Waals surface area contributed by atoms with Crippen molar-refractivity contribution < 1.29 is 14.6 Å². The molecule has 11 heteroatoms. The zero-order valence-corrected chi connectivity index (χ0v) is 17.4. The Balaban J connectivity index is 1.93. The zero-order valence-electron chi connectivity index (χ0n) is 17.4. The Kier molecular flexibility index (Phi) is 6.59. The lowest BCUT2D eigenvalue weighted by atomic mass is 10.1. The summed E-state index contributed by atoms with van der Waals surface area (Å²) in [6, 6.07) is 14.0. The van der Waals surface area contributed by atoms with Crippen molar-refractivity contribution in [1.29, 1.82) is 0 Å². The molecule has 162 valence electrons. The fourth-order valence-corrected chi connectivity index (χ4v) is 2.70. The van der Waals surface area contributed by atoms with E-state index >= 15 is 0 Å². The van der Waals surface area contributed by atoms with Gasteiger partial charge in [-0.3, -0.25) is 20.2 Å². The molecule has 3 rings (SSSR count). The van der Waals surface area contributed by atoms with Gasteiger partial charge in [-0.15, -0.1) is 15.3 Å². The Morgan fingerprint density at radius 2 is 1.41 bits per heavy atom. The quantitative estimate of drug-likeness (QED) is 0.224. The molecule has 11 nitrogen and oxygen atoms in total. The number of hydrogen-bond acceptors (Lipinski definition) is 9. The average molecular weight is 434 g/mol. The fourth-order valence-electron chi connectivity index (χ4n) is 2.70. The monoisotopic (exact) mass is 434 g/mol. The number of hydrogen-bond donors (Lipinski definition) is 0. The molecule has 0 aliphatic rings. The maximum absolute atomic E-state index is 11.3. The standard InChI is InChI=1S/C21H18N6O5/c1-13-4-6-15(7-5-13)22-25-19-10-14(2)18(12-21(19)32-3)24-23-17-9-8-16(26(28)29)11-20(17)27(30)31/h4-12H,1-3H3. The molecule has 0 radical (unpaired) electrons. The van der Waals surface area contributed by atoms with Crippen molar-refractivity contribution in [3.05, 3.63) is 86.0 Å². The molecule has 0 spiro atoms. The first-order valence-corrected chi connectivity index (χ1v) is 9.30. The summed E-state index contributed by atoms with van der Waals surface area (Å²) in [5.41, 5.74) is 2.31. The molecule has 0 heterocycles. The van der Waals surface area contributed by atoms with Gasteiger partial charge in [-0.05, 0) is 43.7 Å². The molecule has 0 aromatic heterocycles. The molecule has 3 aromatic carbocycles. The van der Waals surface area contributed by atoms with E-state index in [4.69, 9.17) is 4.74 Å². The van der Waals surface area contributed by atoms with Crippen LogP contribution < -0.4 is 4.74 Å². The number of nitrogens with zero attached hydrogens (tertiary/aromatic N) is 6. The molecule has 0 unspecified atom stereocenters. The van der Waals surface area contributed by atoms with E-state index in [0.717, 1.165) is 17.7 Å². The largest absolute Gasteiger partial charge is 0.494 e. The molecule has 0 saturated heterocycles. The van der Waals surface area contributed by atoms with E-state index in [2.05, 4.69) is 20.5 Å². The third-order valence-electron chi connectivity index (χ3n) is 4.44. The van der Waals surface area contributed by atoms with Crippen LogP contribution in [0.25, 0.3) is 0 Å². The highest BCUT2D eigenvalue weighted by Crippen LogP contribution is 2.38. The van der Waals surface area contributed by atoms with Gasteiger partial charge in [0.05, 0.1) is 34.4 Å². The summed E-state index contributed by atoms with van der Waals surface area (Å²) < 4.78 is 5.37. The molecule has 0 bridgehead atoms. The summed E-state index contributed by atoms with van der Waals surface area (Å²) >= 11 is 0. The number of azo groups is 2. The second-order valence-corrected chi connectivity index (χ2v) is 6.73. The van der Waals surface area contributed by atoms with Crippen molar-refractivity contribution in [2.24, 2.45) is 20.5 Å². The van der Waals surface area contributed by atoms with E-state index in [-0.39, 0.29) is 5.69 Å². The molecule has 0 N–H and O–H groups in total. The predicted octanol–water partition coefficient (Wildman–Crippen LogP) is 6.96. The predicted molar refractivity (Wildman–Crippen MR) is 117 cm³/mol. The molecule has 3 aromatic rings. The SMILES string of the molecule is COc1cc(N=Nc2ccc([N+](=O)[O-])cc2[N+](=O)[O-])c(C)cc1N=Nc1ccc(C)cc1. The van der Waals surface area contributed by atoms with Crippen molar-refractivity contribution in [2.45, 2.75) is 13.8 Å². The van der Waals surface area contributed by atoms with Gasteiger partial charge in [-0.1, -0.05) is 17.7 Å². The first kappa shape index (κ1) is 22.2. The third-order valence-corrected chi connectivity index (χ3v) is 4.44. The Bertz CT molecular complexity index is 1240. The lowest BCUT2D eigenvalue weighted by Crippen LogP contribution is -1.92. The van der Waals surface area contributed by atoms with Crippen molar-refractivity contribution in [2.75, 3.05) is 7.11 Å². The molecule has 0 aliphatic carbocycles. The van der Waals surface area contributed by atoms with Crippen molar-refractivity contribution in [1.82, 2.24) is 0 Å². The number of aryl methyl sites for hydroxylation is 2. The molecule has 0 amide bonds. The Morgan fingerprint density at radius 1 is 0.750 bits per heavy atom. The van der Waals surface area contributed by atoms with E-state index in [1.54, 1.807) is 19.1 Å². The van der Waals surface area contributed by atoms with Gasteiger partial charge in [0.15, 0.2) is 5.69 Å². The highest BCUT2D eigenvalue weighted by molar-refractivity contribution is 5.64. The minimum absolute atomic E-state index is 0.109. The highest BCUT2D eigenvalue weighted by atomic mass is 16.6. The first-order valence-electron chi connectivity index (χ1n) is 9.30. The highest BCUT2D eigenvalue weighted by Gasteiger charge is 2.19. The van der Waals surface area contributed by atoms with Gasteiger partial charge in [0, 0.05) is 12.1 Å². The van der Waals surface area contributed by atoms with Gasteiger partial charge < -0.3 is 4.74 Å². The normalized spacial score (nSPS) is 11.2. The van der Waals surface area contributed by atoms with Gasteiger partial charge in [-0.2, -0.15) is 5.11 Å². The smallest absolute Gasteiger partial charge is 0.303 e. The molecule has 0 fully saturated rings. The van der Waals surface area contributed by atoms with Crippen LogP contribution in [0.2, 0.25) is 0 Å². The van der Waals surface area contributed by atoms with Crippen LogP contribution in [-0.2, 0) is 0 Å². The summed E-state index contributed by atoms with van der Waals surface area (Å²) in [4.78, 5) is 20.7. The number of non-ortho nitro benzene ring substituents is 1. The third kappa shape index (κ3) is 5.14. The number of nitro groups is 2. The number of nitro benzene ring substituents is 2. The second kappa shape index (κ2) is 9.51. The van der Waals surface area contributed by atoms with E-state index in [9.17, 15) is 20.2 Å². The van der Waals surface area contributed by atoms with Crippen molar-refractivity contribution >= 4 is 34.1 Å². The molecular formula is C21H18N6O5. The average Bonchev–Trinajstić information content (AvgIpc) is 2.77. The summed E-state index contributed by atoms with van der Waals surface area (Å²) in [5, 5.41) is 38.6. The van der Waals surface area contributed by atoms with Gasteiger partial charge in [0.2, 0.25) is 0 Å². The number of rotatable bonds is 7. The van der Waals surface area contributed by atoms with Gasteiger partial charge in [0.25, 0.3) is 5.69 Å². The Morgan fingerprint density at radius 3 is 2.03 bits per heavy atom. The van der Waals surface area contributed by atoms with Crippen LogP contribution >= 0.6 is 0 Å². The lowest BCUT2D eigenvalue weighted by molar-refractivity contribution is -0.393. The maximum Gasteiger partial charge on any atom is 0.303 e. The minimum atomic E-state index is -0.747. The van der Waals surface area contributed by atoms with Crippen LogP contribution in [0, 0.1) is 34.1 Å². The van der Waals surface area contributed by atoms with Crippen LogP contribution in [0.4, 0.5) is 34.1 Å². The van der Waals surface area contributed by atoms with E-state index in [0.29, 0.717) is 28.4 Å². The van der Waals surface area contributed by atoms with Crippen molar-refractivity contribution in [3.63, 3.8) is 0 Å². The van der Waals surface area contributed by atoms with Crippen LogP contribution in [0.15, 0.2) is 75.1 Å². The fraction of sp³-hybridized carbons (Fsp3) is 0.143. The Hall–Kier alpha value is -4.54. The van der Waals surface area contributed by atoms with E-state index < -0.39 is 21.2 Å². The topological polar surface area (TPSA) is 145 Å². The summed E-state index contributed by atoms with van der Waals surface area (Å²) in [6.07, 6.45) is 0.